The summed E-state index contributed by atoms with van der Waals surface area (Å²) in [5, 5.41) is 8.56. The molecule has 0 radical (unpaired) electrons. The topological polar surface area (TPSA) is 97.5 Å². The van der Waals surface area contributed by atoms with E-state index < -0.39 is 20.6 Å². The van der Waals surface area contributed by atoms with Crippen molar-refractivity contribution in [2.24, 2.45) is 11.7 Å². The van der Waals surface area contributed by atoms with E-state index in [-0.39, 0.29) is 24.1 Å². The van der Waals surface area contributed by atoms with Gasteiger partial charge in [-0.3, -0.25) is 4.79 Å². The maximum atomic E-state index is 11.8. The lowest BCUT2D eigenvalue weighted by molar-refractivity contribution is -0.137. The fourth-order valence-electron chi connectivity index (χ4n) is 2.34. The minimum Gasteiger partial charge on any atom is -0.481 e. The highest BCUT2D eigenvalue weighted by Gasteiger charge is 2.49. The van der Waals surface area contributed by atoms with E-state index in [9.17, 15) is 13.2 Å². The van der Waals surface area contributed by atoms with Crippen LogP contribution < -0.4 is 5.73 Å². The quantitative estimate of drug-likeness (QED) is 0.751. The van der Waals surface area contributed by atoms with Gasteiger partial charge < -0.3 is 10.8 Å². The van der Waals surface area contributed by atoms with Crippen molar-refractivity contribution >= 4 is 15.8 Å². The second-order valence-electron chi connectivity index (χ2n) is 4.91. The predicted octanol–water partition coefficient (Wildman–Crippen LogP) is 0.392. The monoisotopic (exact) mass is 249 g/mol. The van der Waals surface area contributed by atoms with Gasteiger partial charge >= 0.3 is 5.97 Å². The molecule has 0 aliphatic carbocycles. The molecule has 1 aliphatic heterocycles. The fourth-order valence-corrected chi connectivity index (χ4v) is 4.19. The maximum Gasteiger partial charge on any atom is 0.303 e. The maximum absolute atomic E-state index is 11.8. The van der Waals surface area contributed by atoms with Crippen LogP contribution in [0.2, 0.25) is 0 Å². The number of sulfone groups is 1. The molecule has 0 bridgehead atoms. The first-order valence-corrected chi connectivity index (χ1v) is 7.03. The van der Waals surface area contributed by atoms with E-state index in [1.54, 1.807) is 13.8 Å². The summed E-state index contributed by atoms with van der Waals surface area (Å²) in [5.41, 5.74) is 5.90. The standard InChI is InChI=1S/C10H19NO4S/c1-10(2)7(5-6-16(10,14)15)8(11)3-4-9(12)13/h7-8H,3-6,11H2,1-2H3,(H,12,13). The molecule has 1 heterocycles. The molecule has 0 aromatic carbocycles. The Morgan fingerprint density at radius 1 is 1.56 bits per heavy atom. The molecule has 3 N–H and O–H groups in total. The van der Waals surface area contributed by atoms with Gasteiger partial charge in [0.2, 0.25) is 0 Å². The zero-order valence-corrected chi connectivity index (χ0v) is 10.5. The van der Waals surface area contributed by atoms with Crippen LogP contribution in [0.15, 0.2) is 0 Å². The van der Waals surface area contributed by atoms with Crippen LogP contribution in [0.25, 0.3) is 0 Å². The minimum atomic E-state index is -3.08. The molecule has 0 amide bonds. The van der Waals surface area contributed by atoms with Gasteiger partial charge in [-0.25, -0.2) is 8.42 Å². The largest absolute Gasteiger partial charge is 0.481 e. The predicted molar refractivity (Wildman–Crippen MR) is 60.8 cm³/mol. The number of nitrogens with two attached hydrogens (primary N) is 1. The van der Waals surface area contributed by atoms with Gasteiger partial charge in [0, 0.05) is 12.5 Å². The van der Waals surface area contributed by atoms with E-state index in [1.165, 1.54) is 0 Å². The second kappa shape index (κ2) is 4.33. The van der Waals surface area contributed by atoms with Gasteiger partial charge in [0.25, 0.3) is 0 Å². The van der Waals surface area contributed by atoms with E-state index in [0.29, 0.717) is 12.8 Å². The Hall–Kier alpha value is -0.620. The van der Waals surface area contributed by atoms with Gasteiger partial charge in [0.1, 0.15) is 0 Å². The summed E-state index contributed by atoms with van der Waals surface area (Å²) in [7, 11) is -3.08. The summed E-state index contributed by atoms with van der Waals surface area (Å²) in [6.07, 6.45) is 0.864. The van der Waals surface area contributed by atoms with Gasteiger partial charge in [-0.05, 0) is 32.6 Å². The number of aliphatic carboxylic acids is 1. The van der Waals surface area contributed by atoms with Gasteiger partial charge in [0.15, 0.2) is 9.84 Å². The average molecular weight is 249 g/mol. The van der Waals surface area contributed by atoms with Gasteiger partial charge in [-0.2, -0.15) is 0 Å². The Morgan fingerprint density at radius 3 is 2.50 bits per heavy atom. The third-order valence-corrected chi connectivity index (χ3v) is 6.28. The Morgan fingerprint density at radius 2 is 2.12 bits per heavy atom. The van der Waals surface area contributed by atoms with Crippen LogP contribution in [0.1, 0.15) is 33.1 Å². The van der Waals surface area contributed by atoms with Crippen molar-refractivity contribution in [3.05, 3.63) is 0 Å². The molecule has 1 rings (SSSR count). The van der Waals surface area contributed by atoms with E-state index in [4.69, 9.17) is 10.8 Å². The summed E-state index contributed by atoms with van der Waals surface area (Å²) < 4.78 is 22.7. The van der Waals surface area contributed by atoms with E-state index in [0.717, 1.165) is 0 Å². The molecule has 0 aromatic rings. The minimum absolute atomic E-state index is 0.00616. The van der Waals surface area contributed by atoms with Crippen molar-refractivity contribution in [3.8, 4) is 0 Å². The lowest BCUT2D eigenvalue weighted by Crippen LogP contribution is -2.43. The van der Waals surface area contributed by atoms with Crippen molar-refractivity contribution in [1.82, 2.24) is 0 Å². The molecule has 16 heavy (non-hydrogen) atoms. The van der Waals surface area contributed by atoms with Gasteiger partial charge in [0.05, 0.1) is 10.5 Å². The molecule has 0 saturated carbocycles. The molecule has 6 heteroatoms. The van der Waals surface area contributed by atoms with Gasteiger partial charge in [-0.1, -0.05) is 0 Å². The summed E-state index contributed by atoms with van der Waals surface area (Å²) in [4.78, 5) is 10.4. The van der Waals surface area contributed by atoms with E-state index in [2.05, 4.69) is 0 Å². The Balaban J connectivity index is 2.72. The lowest BCUT2D eigenvalue weighted by Gasteiger charge is -2.30. The highest BCUT2D eigenvalue weighted by atomic mass is 32.2. The zero-order chi connectivity index (χ0) is 12.6. The third kappa shape index (κ3) is 2.38. The van der Waals surface area contributed by atoms with Crippen LogP contribution in [-0.2, 0) is 14.6 Å². The zero-order valence-electron chi connectivity index (χ0n) is 9.64. The fraction of sp³-hybridized carbons (Fsp3) is 0.900. The Labute approximate surface area is 95.9 Å². The second-order valence-corrected chi connectivity index (χ2v) is 7.60. The lowest BCUT2D eigenvalue weighted by atomic mass is 9.84. The Bertz CT molecular complexity index is 374. The molecule has 1 fully saturated rings. The van der Waals surface area contributed by atoms with Crippen LogP contribution in [0.5, 0.6) is 0 Å². The van der Waals surface area contributed by atoms with Crippen LogP contribution in [-0.4, -0.2) is 36.0 Å². The van der Waals surface area contributed by atoms with Crippen molar-refractivity contribution in [2.75, 3.05) is 5.75 Å². The van der Waals surface area contributed by atoms with Crippen molar-refractivity contribution in [3.63, 3.8) is 0 Å². The van der Waals surface area contributed by atoms with Crippen molar-refractivity contribution in [1.29, 1.82) is 0 Å². The average Bonchev–Trinajstić information content (AvgIpc) is 2.33. The third-order valence-electron chi connectivity index (χ3n) is 3.60. The SMILES string of the molecule is CC1(C)C(C(N)CCC(=O)O)CCS1(=O)=O. The number of carboxylic acids is 1. The van der Waals surface area contributed by atoms with Crippen LogP contribution in [0.4, 0.5) is 0 Å². The van der Waals surface area contributed by atoms with Crippen LogP contribution in [0, 0.1) is 5.92 Å². The van der Waals surface area contributed by atoms with E-state index >= 15 is 0 Å². The molecular formula is C10H19NO4S. The van der Waals surface area contributed by atoms with Crippen LogP contribution >= 0.6 is 0 Å². The first-order chi connectivity index (χ1) is 7.18. The number of carbonyl (C=O) groups is 1. The molecule has 0 aromatic heterocycles. The van der Waals surface area contributed by atoms with Crippen molar-refractivity contribution < 1.29 is 18.3 Å². The van der Waals surface area contributed by atoms with E-state index in [1.807, 2.05) is 0 Å². The molecule has 94 valence electrons. The Kier molecular flexibility index (Phi) is 3.64. The number of rotatable bonds is 4. The van der Waals surface area contributed by atoms with Crippen molar-refractivity contribution in [2.45, 2.75) is 43.9 Å². The summed E-state index contributed by atoms with van der Waals surface area (Å²) >= 11 is 0. The first kappa shape index (κ1) is 13.4. The molecule has 2 atom stereocenters. The van der Waals surface area contributed by atoms with Crippen LogP contribution in [0.3, 0.4) is 0 Å². The molecule has 0 spiro atoms. The summed E-state index contributed by atoms with van der Waals surface area (Å²) in [6.45, 7) is 3.36. The smallest absolute Gasteiger partial charge is 0.303 e. The highest BCUT2D eigenvalue weighted by Crippen LogP contribution is 2.39. The molecular weight excluding hydrogens is 230 g/mol. The summed E-state index contributed by atoms with van der Waals surface area (Å²) in [6, 6.07) is -0.358. The normalized spacial score (nSPS) is 28.8. The summed E-state index contributed by atoms with van der Waals surface area (Å²) in [5.74, 6) is -0.878. The molecule has 1 aliphatic rings. The number of hydrogen-bond acceptors (Lipinski definition) is 4. The molecule has 1 saturated heterocycles. The molecule has 2 unspecified atom stereocenters. The number of carboxylic acid groups (broad SMARTS) is 1. The van der Waals surface area contributed by atoms with Gasteiger partial charge in [-0.15, -0.1) is 0 Å². The number of hydrogen-bond donors (Lipinski definition) is 2. The molecule has 5 nitrogen and oxygen atoms in total. The highest BCUT2D eigenvalue weighted by molar-refractivity contribution is 7.93. The first-order valence-electron chi connectivity index (χ1n) is 5.38.